The number of piperazine rings is 1. The first-order chi connectivity index (χ1) is 11.9. The molecule has 0 radical (unpaired) electrons. The number of carbonyl (C=O) groups is 1. The molecule has 7 heteroatoms. The average Bonchev–Trinajstić information content (AvgIpc) is 2.62. The molecule has 0 bridgehead atoms. The fraction of sp³-hybridized carbons (Fsp3) is 0.611. The molecule has 0 unspecified atom stereocenters. The minimum atomic E-state index is -3.53. The van der Waals surface area contributed by atoms with Crippen LogP contribution in [0.25, 0.3) is 0 Å². The Morgan fingerprint density at radius 3 is 2.32 bits per heavy atom. The summed E-state index contributed by atoms with van der Waals surface area (Å²) in [6.45, 7) is 5.94. The number of piperidine rings is 1. The molecule has 1 aromatic rings. The maximum atomic E-state index is 12.9. The van der Waals surface area contributed by atoms with Crippen LogP contribution >= 0.6 is 0 Å². The number of likely N-dealkylation sites (N-methyl/N-ethyl adjacent to an activating group) is 1. The molecular weight excluding hydrogens is 338 g/mol. The van der Waals surface area contributed by atoms with E-state index in [9.17, 15) is 13.2 Å². The second-order valence-electron chi connectivity index (χ2n) is 7.14. The van der Waals surface area contributed by atoms with Crippen molar-refractivity contribution in [1.82, 2.24) is 14.1 Å². The van der Waals surface area contributed by atoms with E-state index >= 15 is 0 Å². The molecule has 2 heterocycles. The number of hydrogen-bond acceptors (Lipinski definition) is 4. The number of hydrogen-bond donors (Lipinski definition) is 0. The number of rotatable bonds is 3. The van der Waals surface area contributed by atoms with Gasteiger partial charge in [0.2, 0.25) is 15.9 Å². The summed E-state index contributed by atoms with van der Waals surface area (Å²) in [5.41, 5.74) is 1.03. The van der Waals surface area contributed by atoms with Gasteiger partial charge < -0.3 is 9.80 Å². The van der Waals surface area contributed by atoms with Gasteiger partial charge in [0.15, 0.2) is 0 Å². The van der Waals surface area contributed by atoms with E-state index in [1.165, 1.54) is 4.31 Å². The van der Waals surface area contributed by atoms with Gasteiger partial charge in [-0.3, -0.25) is 4.79 Å². The molecule has 2 saturated heterocycles. The standard InChI is InChI=1S/C18H27N3O3S/c1-15-5-7-17(8-6-15)25(23,24)21-9-3-4-16(14-21)18(22)20-12-10-19(2)11-13-20/h5-8,16H,3-4,9-14H2,1-2H3/t16-/m0/s1. The van der Waals surface area contributed by atoms with E-state index in [2.05, 4.69) is 11.9 Å². The Hall–Kier alpha value is -1.44. The van der Waals surface area contributed by atoms with Gasteiger partial charge in [-0.25, -0.2) is 8.42 Å². The largest absolute Gasteiger partial charge is 0.340 e. The predicted molar refractivity (Wildman–Crippen MR) is 96.7 cm³/mol. The van der Waals surface area contributed by atoms with Crippen LogP contribution in [0.5, 0.6) is 0 Å². The molecule has 2 aliphatic heterocycles. The van der Waals surface area contributed by atoms with Crippen molar-refractivity contribution >= 4 is 15.9 Å². The SMILES string of the molecule is Cc1ccc(S(=O)(=O)N2CCC[C@H](C(=O)N3CCN(C)CC3)C2)cc1. The number of nitrogens with zero attached hydrogens (tertiary/aromatic N) is 3. The second-order valence-corrected chi connectivity index (χ2v) is 9.08. The number of amides is 1. The number of aryl methyl sites for hydroxylation is 1. The van der Waals surface area contributed by atoms with Crippen LogP contribution in [0.2, 0.25) is 0 Å². The van der Waals surface area contributed by atoms with Crippen LogP contribution in [0, 0.1) is 12.8 Å². The molecule has 0 aliphatic carbocycles. The third kappa shape index (κ3) is 4.04. The third-order valence-corrected chi connectivity index (χ3v) is 7.09. The molecule has 6 nitrogen and oxygen atoms in total. The van der Waals surface area contributed by atoms with Crippen LogP contribution in [-0.2, 0) is 14.8 Å². The van der Waals surface area contributed by atoms with E-state index in [-0.39, 0.29) is 11.8 Å². The van der Waals surface area contributed by atoms with E-state index in [1.807, 2.05) is 24.0 Å². The lowest BCUT2D eigenvalue weighted by Gasteiger charge is -2.37. The highest BCUT2D eigenvalue weighted by atomic mass is 32.2. The van der Waals surface area contributed by atoms with E-state index in [0.29, 0.717) is 18.0 Å². The smallest absolute Gasteiger partial charge is 0.243 e. The van der Waals surface area contributed by atoms with Crippen LogP contribution in [-0.4, -0.2) is 74.7 Å². The van der Waals surface area contributed by atoms with E-state index in [1.54, 1.807) is 12.1 Å². The highest BCUT2D eigenvalue weighted by molar-refractivity contribution is 7.89. The zero-order valence-electron chi connectivity index (χ0n) is 15.0. The first-order valence-electron chi connectivity index (χ1n) is 8.92. The lowest BCUT2D eigenvalue weighted by atomic mass is 9.98. The lowest BCUT2D eigenvalue weighted by molar-refractivity contribution is -0.138. The van der Waals surface area contributed by atoms with Gasteiger partial charge >= 0.3 is 0 Å². The molecule has 1 atom stereocenters. The minimum absolute atomic E-state index is 0.108. The van der Waals surface area contributed by atoms with Gasteiger partial charge in [-0.05, 0) is 38.9 Å². The Kier molecular flexibility index (Phi) is 5.46. The summed E-state index contributed by atoms with van der Waals surface area (Å²) in [6, 6.07) is 6.92. The summed E-state index contributed by atoms with van der Waals surface area (Å²) < 4.78 is 27.2. The molecule has 0 spiro atoms. The Morgan fingerprint density at radius 2 is 1.68 bits per heavy atom. The maximum absolute atomic E-state index is 12.9. The summed E-state index contributed by atoms with van der Waals surface area (Å²) in [5, 5.41) is 0. The summed E-state index contributed by atoms with van der Waals surface area (Å²) in [5.74, 6) is -0.116. The molecule has 1 amide bonds. The van der Waals surface area contributed by atoms with Crippen LogP contribution in [0.15, 0.2) is 29.2 Å². The van der Waals surface area contributed by atoms with Gasteiger partial charge in [0.05, 0.1) is 10.8 Å². The quantitative estimate of drug-likeness (QED) is 0.807. The van der Waals surface area contributed by atoms with Crippen molar-refractivity contribution in [2.24, 2.45) is 5.92 Å². The van der Waals surface area contributed by atoms with E-state index in [4.69, 9.17) is 0 Å². The monoisotopic (exact) mass is 365 g/mol. The molecular formula is C18H27N3O3S. The molecule has 0 aromatic heterocycles. The Bertz CT molecular complexity index is 710. The molecule has 2 aliphatic rings. The van der Waals surface area contributed by atoms with Crippen LogP contribution in [0.4, 0.5) is 0 Å². The minimum Gasteiger partial charge on any atom is -0.340 e. The molecule has 2 fully saturated rings. The van der Waals surface area contributed by atoms with E-state index in [0.717, 1.165) is 44.6 Å². The van der Waals surface area contributed by atoms with Gasteiger partial charge in [0.1, 0.15) is 0 Å². The molecule has 0 N–H and O–H groups in total. The molecule has 3 rings (SSSR count). The van der Waals surface area contributed by atoms with Crippen molar-refractivity contribution in [3.63, 3.8) is 0 Å². The molecule has 25 heavy (non-hydrogen) atoms. The summed E-state index contributed by atoms with van der Waals surface area (Å²) in [4.78, 5) is 17.2. The molecule has 1 aromatic carbocycles. The van der Waals surface area contributed by atoms with Crippen molar-refractivity contribution in [3.05, 3.63) is 29.8 Å². The second kappa shape index (κ2) is 7.43. The highest BCUT2D eigenvalue weighted by Gasteiger charge is 2.35. The number of carbonyl (C=O) groups excluding carboxylic acids is 1. The van der Waals surface area contributed by atoms with Gasteiger partial charge in [0.25, 0.3) is 0 Å². The molecule has 0 saturated carbocycles. The molecule has 138 valence electrons. The number of benzene rings is 1. The van der Waals surface area contributed by atoms with Crippen molar-refractivity contribution in [2.45, 2.75) is 24.7 Å². The topological polar surface area (TPSA) is 60.9 Å². The van der Waals surface area contributed by atoms with Gasteiger partial charge in [-0.2, -0.15) is 4.31 Å². The summed E-state index contributed by atoms with van der Waals surface area (Å²) in [7, 11) is -1.48. The van der Waals surface area contributed by atoms with Crippen LogP contribution < -0.4 is 0 Å². The van der Waals surface area contributed by atoms with Crippen molar-refractivity contribution in [3.8, 4) is 0 Å². The fourth-order valence-electron chi connectivity index (χ4n) is 3.51. The van der Waals surface area contributed by atoms with Gasteiger partial charge in [-0.1, -0.05) is 17.7 Å². The van der Waals surface area contributed by atoms with Crippen LogP contribution in [0.3, 0.4) is 0 Å². The first-order valence-corrected chi connectivity index (χ1v) is 10.4. The number of sulfonamides is 1. The lowest BCUT2D eigenvalue weighted by Crippen LogP contribution is -2.52. The maximum Gasteiger partial charge on any atom is 0.243 e. The highest BCUT2D eigenvalue weighted by Crippen LogP contribution is 2.25. The predicted octanol–water partition coefficient (Wildman–Crippen LogP) is 1.17. The van der Waals surface area contributed by atoms with Crippen molar-refractivity contribution in [1.29, 1.82) is 0 Å². The van der Waals surface area contributed by atoms with Gasteiger partial charge in [-0.15, -0.1) is 0 Å². The van der Waals surface area contributed by atoms with Crippen molar-refractivity contribution in [2.75, 3.05) is 46.3 Å². The van der Waals surface area contributed by atoms with E-state index < -0.39 is 10.0 Å². The zero-order chi connectivity index (χ0) is 18.0. The zero-order valence-corrected chi connectivity index (χ0v) is 15.8. The summed E-state index contributed by atoms with van der Waals surface area (Å²) in [6.07, 6.45) is 1.50. The van der Waals surface area contributed by atoms with Crippen molar-refractivity contribution < 1.29 is 13.2 Å². The Balaban J connectivity index is 1.70. The normalized spacial score (nSPS) is 23.6. The van der Waals surface area contributed by atoms with Gasteiger partial charge in [0, 0.05) is 39.3 Å². The Morgan fingerprint density at radius 1 is 1.04 bits per heavy atom. The first kappa shape index (κ1) is 18.4. The Labute approximate surface area is 150 Å². The fourth-order valence-corrected chi connectivity index (χ4v) is 5.03. The third-order valence-electron chi connectivity index (χ3n) is 5.21. The van der Waals surface area contributed by atoms with Crippen LogP contribution in [0.1, 0.15) is 18.4 Å². The summed E-state index contributed by atoms with van der Waals surface area (Å²) >= 11 is 0. The average molecular weight is 365 g/mol.